The molecule has 0 atom stereocenters. The van der Waals surface area contributed by atoms with Crippen LogP contribution in [0.1, 0.15) is 38.2 Å². The van der Waals surface area contributed by atoms with Gasteiger partial charge in [-0.25, -0.2) is 4.31 Å². The number of piperidine rings is 1. The van der Waals surface area contributed by atoms with Crippen LogP contribution in [0.15, 0.2) is 48.5 Å². The summed E-state index contributed by atoms with van der Waals surface area (Å²) >= 11 is 0. The van der Waals surface area contributed by atoms with E-state index >= 15 is 0 Å². The Kier molecular flexibility index (Phi) is 5.83. The fourth-order valence-corrected chi connectivity index (χ4v) is 5.87. The standard InChI is InChI=1S/C23H29N3O4S/c1-17(2)18-8-10-20(11-9-18)30-16-23(27)25-14-12-19(13-15-25)26-22-7-5-4-6-21(22)24(3)31(26,28)29/h4-11,17,19H,12-16H2,1-3H3. The number of carbonyl (C=O) groups is 1. The number of likely N-dealkylation sites (tertiary alicyclic amines) is 1. The number of carbonyl (C=O) groups excluding carboxylic acids is 1. The predicted octanol–water partition coefficient (Wildman–Crippen LogP) is 3.38. The van der Waals surface area contributed by atoms with Gasteiger partial charge in [-0.3, -0.25) is 9.10 Å². The summed E-state index contributed by atoms with van der Waals surface area (Å²) in [7, 11) is -2.00. The van der Waals surface area contributed by atoms with Crippen molar-refractivity contribution in [2.24, 2.45) is 0 Å². The highest BCUT2D eigenvalue weighted by molar-refractivity contribution is 7.94. The number of anilines is 2. The maximum atomic E-state index is 12.9. The zero-order valence-corrected chi connectivity index (χ0v) is 19.0. The molecule has 0 bridgehead atoms. The lowest BCUT2D eigenvalue weighted by Crippen LogP contribution is -2.50. The summed E-state index contributed by atoms with van der Waals surface area (Å²) in [5, 5.41) is 0. The van der Waals surface area contributed by atoms with Crippen molar-refractivity contribution in [2.75, 3.05) is 35.4 Å². The molecular weight excluding hydrogens is 414 g/mol. The van der Waals surface area contributed by atoms with Gasteiger partial charge in [-0.1, -0.05) is 38.1 Å². The highest BCUT2D eigenvalue weighted by Crippen LogP contribution is 2.42. The molecule has 0 radical (unpaired) electrons. The molecule has 0 saturated carbocycles. The molecule has 1 saturated heterocycles. The fraction of sp³-hybridized carbons (Fsp3) is 0.435. The van der Waals surface area contributed by atoms with Crippen LogP contribution < -0.4 is 13.3 Å². The van der Waals surface area contributed by atoms with Crippen molar-refractivity contribution in [1.82, 2.24) is 4.90 Å². The van der Waals surface area contributed by atoms with Crippen LogP contribution in [0.3, 0.4) is 0 Å². The minimum atomic E-state index is -3.58. The van der Waals surface area contributed by atoms with E-state index in [1.54, 1.807) is 11.9 Å². The summed E-state index contributed by atoms with van der Waals surface area (Å²) in [5.74, 6) is 1.05. The Morgan fingerprint density at radius 2 is 1.65 bits per heavy atom. The van der Waals surface area contributed by atoms with Crippen molar-refractivity contribution >= 4 is 27.5 Å². The van der Waals surface area contributed by atoms with Gasteiger partial charge in [0.1, 0.15) is 5.75 Å². The largest absolute Gasteiger partial charge is 0.484 e. The molecule has 1 amide bonds. The van der Waals surface area contributed by atoms with Crippen LogP contribution in [0.25, 0.3) is 0 Å². The van der Waals surface area contributed by atoms with Gasteiger partial charge in [0, 0.05) is 20.1 Å². The van der Waals surface area contributed by atoms with E-state index in [9.17, 15) is 13.2 Å². The number of rotatable bonds is 5. The van der Waals surface area contributed by atoms with E-state index in [1.165, 1.54) is 14.2 Å². The number of fused-ring (bicyclic) bond motifs is 1. The van der Waals surface area contributed by atoms with Crippen LogP contribution in [0.5, 0.6) is 5.75 Å². The molecule has 0 aliphatic carbocycles. The molecule has 7 nitrogen and oxygen atoms in total. The second kappa shape index (κ2) is 8.42. The van der Waals surface area contributed by atoms with Crippen molar-refractivity contribution in [1.29, 1.82) is 0 Å². The Labute approximate surface area is 184 Å². The Morgan fingerprint density at radius 1 is 1.03 bits per heavy atom. The normalized spacial score (nSPS) is 18.4. The molecule has 0 spiro atoms. The minimum Gasteiger partial charge on any atom is -0.484 e. The molecular formula is C23H29N3O4S. The SMILES string of the molecule is CC(C)c1ccc(OCC(=O)N2CCC(N3c4ccccc4N(C)S3(=O)=O)CC2)cc1. The number of hydrogen-bond acceptors (Lipinski definition) is 4. The first kappa shape index (κ1) is 21.5. The van der Waals surface area contributed by atoms with Gasteiger partial charge in [0.2, 0.25) is 0 Å². The van der Waals surface area contributed by atoms with Crippen LogP contribution in [-0.2, 0) is 15.0 Å². The van der Waals surface area contributed by atoms with Crippen LogP contribution >= 0.6 is 0 Å². The number of amides is 1. The van der Waals surface area contributed by atoms with Crippen LogP contribution in [-0.4, -0.2) is 52.0 Å². The smallest absolute Gasteiger partial charge is 0.326 e. The average Bonchev–Trinajstić information content (AvgIpc) is 2.98. The van der Waals surface area contributed by atoms with Gasteiger partial charge in [0.05, 0.1) is 17.4 Å². The molecule has 31 heavy (non-hydrogen) atoms. The molecule has 4 rings (SSSR count). The van der Waals surface area contributed by atoms with E-state index in [-0.39, 0.29) is 18.6 Å². The lowest BCUT2D eigenvalue weighted by Gasteiger charge is -2.36. The predicted molar refractivity (Wildman–Crippen MR) is 122 cm³/mol. The number of ether oxygens (including phenoxy) is 1. The summed E-state index contributed by atoms with van der Waals surface area (Å²) in [6, 6.07) is 15.0. The molecule has 2 aliphatic rings. The van der Waals surface area contributed by atoms with E-state index in [1.807, 2.05) is 48.5 Å². The first-order valence-corrected chi connectivity index (χ1v) is 12.1. The number of para-hydroxylation sites is 2. The fourth-order valence-electron chi connectivity index (χ4n) is 4.22. The molecule has 2 aromatic carbocycles. The van der Waals surface area contributed by atoms with Gasteiger partial charge in [0.25, 0.3) is 5.91 Å². The van der Waals surface area contributed by atoms with Gasteiger partial charge in [0.15, 0.2) is 6.61 Å². The number of benzene rings is 2. The molecule has 8 heteroatoms. The quantitative estimate of drug-likeness (QED) is 0.710. The van der Waals surface area contributed by atoms with Crippen LogP contribution in [0.2, 0.25) is 0 Å². The van der Waals surface area contributed by atoms with Gasteiger partial charge in [-0.2, -0.15) is 8.42 Å². The Morgan fingerprint density at radius 3 is 2.26 bits per heavy atom. The molecule has 0 unspecified atom stereocenters. The average molecular weight is 444 g/mol. The third-order valence-electron chi connectivity index (χ3n) is 6.11. The van der Waals surface area contributed by atoms with Crippen molar-refractivity contribution < 1.29 is 17.9 Å². The summed E-state index contributed by atoms with van der Waals surface area (Å²) in [5.41, 5.74) is 2.63. The summed E-state index contributed by atoms with van der Waals surface area (Å²) in [6.45, 7) is 5.27. The Hall–Kier alpha value is -2.74. The molecule has 166 valence electrons. The van der Waals surface area contributed by atoms with Crippen molar-refractivity contribution in [3.05, 3.63) is 54.1 Å². The Balaban J connectivity index is 1.35. The molecule has 2 aliphatic heterocycles. The zero-order valence-electron chi connectivity index (χ0n) is 18.2. The topological polar surface area (TPSA) is 70.2 Å². The third kappa shape index (κ3) is 4.08. The van der Waals surface area contributed by atoms with E-state index in [0.717, 1.165) is 0 Å². The second-order valence-corrected chi connectivity index (χ2v) is 10.2. The van der Waals surface area contributed by atoms with Crippen LogP contribution in [0, 0.1) is 0 Å². The minimum absolute atomic E-state index is 0.0146. The highest BCUT2D eigenvalue weighted by Gasteiger charge is 2.43. The van der Waals surface area contributed by atoms with E-state index < -0.39 is 10.2 Å². The molecule has 1 fully saturated rings. The van der Waals surface area contributed by atoms with E-state index in [0.29, 0.717) is 49.0 Å². The van der Waals surface area contributed by atoms with Crippen molar-refractivity contribution in [2.45, 2.75) is 38.6 Å². The van der Waals surface area contributed by atoms with Gasteiger partial charge in [-0.15, -0.1) is 0 Å². The first-order valence-electron chi connectivity index (χ1n) is 10.7. The summed E-state index contributed by atoms with van der Waals surface area (Å²) in [4.78, 5) is 14.4. The van der Waals surface area contributed by atoms with Gasteiger partial charge >= 0.3 is 10.2 Å². The first-order chi connectivity index (χ1) is 14.8. The zero-order chi connectivity index (χ0) is 22.2. The molecule has 0 N–H and O–H groups in total. The van der Waals surface area contributed by atoms with E-state index in [4.69, 9.17) is 4.74 Å². The molecule has 2 heterocycles. The van der Waals surface area contributed by atoms with Gasteiger partial charge < -0.3 is 9.64 Å². The van der Waals surface area contributed by atoms with E-state index in [2.05, 4.69) is 13.8 Å². The summed E-state index contributed by atoms with van der Waals surface area (Å²) < 4.78 is 34.4. The second-order valence-electron chi connectivity index (χ2n) is 8.38. The summed E-state index contributed by atoms with van der Waals surface area (Å²) in [6.07, 6.45) is 1.19. The number of hydrogen-bond donors (Lipinski definition) is 0. The van der Waals surface area contributed by atoms with Gasteiger partial charge in [-0.05, 0) is 48.6 Å². The maximum absolute atomic E-state index is 12.9. The van der Waals surface area contributed by atoms with Crippen molar-refractivity contribution in [3.8, 4) is 5.75 Å². The Bertz CT molecular complexity index is 1040. The van der Waals surface area contributed by atoms with Crippen molar-refractivity contribution in [3.63, 3.8) is 0 Å². The number of nitrogens with zero attached hydrogens (tertiary/aromatic N) is 3. The molecule has 0 aromatic heterocycles. The third-order valence-corrected chi connectivity index (χ3v) is 7.99. The lowest BCUT2D eigenvalue weighted by atomic mass is 10.0. The van der Waals surface area contributed by atoms with Crippen LogP contribution in [0.4, 0.5) is 11.4 Å². The monoisotopic (exact) mass is 443 g/mol. The maximum Gasteiger partial charge on any atom is 0.326 e. The lowest BCUT2D eigenvalue weighted by molar-refractivity contribution is -0.134. The molecule has 2 aromatic rings. The highest BCUT2D eigenvalue weighted by atomic mass is 32.2.